The molecular formula is C19H28N2O3. The fourth-order valence-corrected chi connectivity index (χ4v) is 3.81. The Kier molecular flexibility index (Phi) is 4.66. The fraction of sp³-hybridized carbons (Fsp3) is 0.684. The number of hydrogen-bond donors (Lipinski definition) is 1. The summed E-state index contributed by atoms with van der Waals surface area (Å²) in [6.07, 6.45) is 4.25. The quantitative estimate of drug-likeness (QED) is 0.863. The van der Waals surface area contributed by atoms with E-state index in [1.165, 1.54) is 18.4 Å². The summed E-state index contributed by atoms with van der Waals surface area (Å²) >= 11 is 0. The van der Waals surface area contributed by atoms with Gasteiger partial charge in [-0.2, -0.15) is 0 Å². The van der Waals surface area contributed by atoms with Gasteiger partial charge in [-0.3, -0.25) is 4.90 Å². The lowest BCUT2D eigenvalue weighted by molar-refractivity contribution is -0.0301. The molecule has 0 spiro atoms. The number of methoxy groups -OCH3 is 1. The number of ether oxygens (including phenoxy) is 3. The van der Waals surface area contributed by atoms with Gasteiger partial charge in [0.05, 0.1) is 19.8 Å². The summed E-state index contributed by atoms with van der Waals surface area (Å²) in [6, 6.07) is 5.08. The van der Waals surface area contributed by atoms with Crippen LogP contribution < -0.4 is 14.8 Å². The summed E-state index contributed by atoms with van der Waals surface area (Å²) in [5.41, 5.74) is 2.40. The van der Waals surface area contributed by atoms with Gasteiger partial charge in [-0.25, -0.2) is 0 Å². The fourth-order valence-electron chi connectivity index (χ4n) is 3.81. The van der Waals surface area contributed by atoms with Gasteiger partial charge in [0.15, 0.2) is 0 Å². The molecule has 0 bridgehead atoms. The monoisotopic (exact) mass is 332 g/mol. The molecule has 1 saturated carbocycles. The second-order valence-corrected chi connectivity index (χ2v) is 7.25. The number of fused-ring (bicyclic) bond motifs is 1. The average Bonchev–Trinajstić information content (AvgIpc) is 3.36. The van der Waals surface area contributed by atoms with E-state index in [0.29, 0.717) is 0 Å². The minimum atomic E-state index is 0.261. The molecule has 2 fully saturated rings. The minimum absolute atomic E-state index is 0.261. The van der Waals surface area contributed by atoms with E-state index in [4.69, 9.17) is 14.2 Å². The predicted octanol–water partition coefficient (Wildman–Crippen LogP) is 1.97. The third-order valence-corrected chi connectivity index (χ3v) is 5.22. The first kappa shape index (κ1) is 16.2. The summed E-state index contributed by atoms with van der Waals surface area (Å²) in [5, 5.41) is 3.54. The lowest BCUT2D eigenvalue weighted by atomic mass is 10.1. The van der Waals surface area contributed by atoms with Gasteiger partial charge in [-0.1, -0.05) is 0 Å². The zero-order valence-corrected chi connectivity index (χ0v) is 14.7. The van der Waals surface area contributed by atoms with Gasteiger partial charge in [-0.05, 0) is 31.9 Å². The Bertz CT molecular complexity index is 588. The largest absolute Gasteiger partial charge is 0.496 e. The Morgan fingerprint density at radius 1 is 1.33 bits per heavy atom. The third kappa shape index (κ3) is 3.53. The molecule has 0 unspecified atom stereocenters. The Morgan fingerprint density at radius 3 is 3.00 bits per heavy atom. The summed E-state index contributed by atoms with van der Waals surface area (Å²) in [6.45, 7) is 6.76. The summed E-state index contributed by atoms with van der Waals surface area (Å²) < 4.78 is 17.4. The molecule has 1 aromatic carbocycles. The number of nitrogens with one attached hydrogen (secondary N) is 1. The van der Waals surface area contributed by atoms with Crippen molar-refractivity contribution in [3.8, 4) is 11.5 Å². The second-order valence-electron chi connectivity index (χ2n) is 7.25. The van der Waals surface area contributed by atoms with Gasteiger partial charge in [0, 0.05) is 49.8 Å². The average molecular weight is 332 g/mol. The van der Waals surface area contributed by atoms with Crippen LogP contribution in [0.5, 0.6) is 11.5 Å². The number of nitrogens with zero attached hydrogens (tertiary/aromatic N) is 1. The topological polar surface area (TPSA) is 43.0 Å². The SMILES string of the molecule is COc1cc2c(cc1CNC[C@@H]1CN(C3CC3)CCO1)O[C@@H](C)C2. The van der Waals surface area contributed by atoms with Gasteiger partial charge in [-0.15, -0.1) is 0 Å². The van der Waals surface area contributed by atoms with Gasteiger partial charge in [0.1, 0.15) is 17.6 Å². The van der Waals surface area contributed by atoms with E-state index < -0.39 is 0 Å². The Balaban J connectivity index is 1.33. The van der Waals surface area contributed by atoms with Gasteiger partial charge in [0.25, 0.3) is 0 Å². The van der Waals surface area contributed by atoms with Crippen molar-refractivity contribution < 1.29 is 14.2 Å². The van der Waals surface area contributed by atoms with Gasteiger partial charge in [0.2, 0.25) is 0 Å². The molecule has 132 valence electrons. The molecule has 2 aliphatic heterocycles. The van der Waals surface area contributed by atoms with E-state index >= 15 is 0 Å². The molecule has 1 aromatic rings. The molecule has 3 aliphatic rings. The van der Waals surface area contributed by atoms with Gasteiger partial charge >= 0.3 is 0 Å². The van der Waals surface area contributed by atoms with Crippen molar-refractivity contribution in [3.05, 3.63) is 23.3 Å². The number of benzene rings is 1. The summed E-state index contributed by atoms with van der Waals surface area (Å²) in [4.78, 5) is 2.58. The zero-order valence-electron chi connectivity index (χ0n) is 14.7. The van der Waals surface area contributed by atoms with E-state index in [2.05, 4.69) is 29.3 Å². The van der Waals surface area contributed by atoms with Crippen LogP contribution in [0.4, 0.5) is 0 Å². The van der Waals surface area contributed by atoms with E-state index in [-0.39, 0.29) is 12.2 Å². The molecule has 0 amide bonds. The highest BCUT2D eigenvalue weighted by Gasteiger charge is 2.32. The first-order chi connectivity index (χ1) is 11.7. The first-order valence-corrected chi connectivity index (χ1v) is 9.15. The van der Waals surface area contributed by atoms with Crippen molar-refractivity contribution in [1.82, 2.24) is 10.2 Å². The van der Waals surface area contributed by atoms with Crippen LogP contribution >= 0.6 is 0 Å². The van der Waals surface area contributed by atoms with E-state index in [9.17, 15) is 0 Å². The molecule has 1 aliphatic carbocycles. The summed E-state index contributed by atoms with van der Waals surface area (Å²) in [5.74, 6) is 1.96. The second kappa shape index (κ2) is 6.90. The summed E-state index contributed by atoms with van der Waals surface area (Å²) in [7, 11) is 1.74. The lowest BCUT2D eigenvalue weighted by Gasteiger charge is -2.33. The van der Waals surface area contributed by atoms with Crippen LogP contribution in [0.3, 0.4) is 0 Å². The van der Waals surface area contributed by atoms with Crippen LogP contribution in [0, 0.1) is 0 Å². The van der Waals surface area contributed by atoms with Crippen LogP contribution in [0.2, 0.25) is 0 Å². The first-order valence-electron chi connectivity index (χ1n) is 9.15. The van der Waals surface area contributed by atoms with E-state index in [0.717, 1.165) is 62.3 Å². The van der Waals surface area contributed by atoms with Crippen molar-refractivity contribution in [1.29, 1.82) is 0 Å². The highest BCUT2D eigenvalue weighted by molar-refractivity contribution is 5.48. The lowest BCUT2D eigenvalue weighted by Crippen LogP contribution is -2.47. The highest BCUT2D eigenvalue weighted by Crippen LogP contribution is 2.35. The molecule has 4 rings (SSSR count). The molecule has 0 radical (unpaired) electrons. The Labute approximate surface area is 144 Å². The van der Waals surface area contributed by atoms with Crippen LogP contribution in [0.15, 0.2) is 12.1 Å². The van der Waals surface area contributed by atoms with E-state index in [1.807, 2.05) is 0 Å². The number of rotatable bonds is 6. The molecule has 5 heteroatoms. The van der Waals surface area contributed by atoms with Crippen LogP contribution in [0.25, 0.3) is 0 Å². The Morgan fingerprint density at radius 2 is 2.21 bits per heavy atom. The smallest absolute Gasteiger partial charge is 0.123 e. The van der Waals surface area contributed by atoms with Crippen LogP contribution in [-0.4, -0.2) is 56.5 Å². The molecule has 0 aromatic heterocycles. The van der Waals surface area contributed by atoms with Crippen molar-refractivity contribution >= 4 is 0 Å². The van der Waals surface area contributed by atoms with Crippen molar-refractivity contribution in [3.63, 3.8) is 0 Å². The molecule has 1 N–H and O–H groups in total. The maximum atomic E-state index is 5.91. The minimum Gasteiger partial charge on any atom is -0.496 e. The maximum Gasteiger partial charge on any atom is 0.123 e. The molecule has 24 heavy (non-hydrogen) atoms. The molecule has 1 saturated heterocycles. The van der Waals surface area contributed by atoms with Crippen LogP contribution in [-0.2, 0) is 17.7 Å². The molecule has 2 heterocycles. The van der Waals surface area contributed by atoms with E-state index in [1.54, 1.807) is 7.11 Å². The maximum absolute atomic E-state index is 5.91. The van der Waals surface area contributed by atoms with Gasteiger partial charge < -0.3 is 19.5 Å². The molecule has 5 nitrogen and oxygen atoms in total. The van der Waals surface area contributed by atoms with Crippen molar-refractivity contribution in [2.24, 2.45) is 0 Å². The van der Waals surface area contributed by atoms with Crippen LogP contribution in [0.1, 0.15) is 30.9 Å². The number of morpholine rings is 1. The third-order valence-electron chi connectivity index (χ3n) is 5.22. The highest BCUT2D eigenvalue weighted by atomic mass is 16.5. The Hall–Kier alpha value is -1.30. The molecule has 2 atom stereocenters. The zero-order chi connectivity index (χ0) is 16.5. The normalized spacial score (nSPS) is 26.9. The van der Waals surface area contributed by atoms with Crippen molar-refractivity contribution in [2.75, 3.05) is 33.4 Å². The standard InChI is InChI=1S/C19H28N2O3/c1-13-7-14-8-18(22-2)15(9-19(14)24-13)10-20-11-17-12-21(5-6-23-17)16-3-4-16/h8-9,13,16-17,20H,3-7,10-12H2,1-2H3/t13-,17+/m0/s1. The molecular weight excluding hydrogens is 304 g/mol. The van der Waals surface area contributed by atoms with Crippen molar-refractivity contribution in [2.45, 2.75) is 51.0 Å². The number of hydrogen-bond acceptors (Lipinski definition) is 5. The predicted molar refractivity (Wildman–Crippen MR) is 92.8 cm³/mol.